The number of likely N-dealkylation sites (tertiary alicyclic amines) is 1. The lowest BCUT2D eigenvalue weighted by molar-refractivity contribution is -0.137. The largest absolute Gasteiger partial charge is 0.490 e. The molecule has 0 aromatic heterocycles. The molecule has 1 aliphatic heterocycles. The second-order valence-corrected chi connectivity index (χ2v) is 9.17. The number of amides is 2. The Morgan fingerprint density at radius 3 is 2.43 bits per heavy atom. The van der Waals surface area contributed by atoms with Crippen LogP contribution in [0.5, 0.6) is 5.75 Å². The molecule has 2 N–H and O–H groups in total. The first-order chi connectivity index (χ1) is 16.8. The molecule has 0 spiro atoms. The van der Waals surface area contributed by atoms with E-state index in [1.807, 2.05) is 30.3 Å². The third-order valence-electron chi connectivity index (χ3n) is 6.65. The van der Waals surface area contributed by atoms with Crippen molar-refractivity contribution in [1.82, 2.24) is 15.5 Å². The van der Waals surface area contributed by atoms with Gasteiger partial charge in [-0.1, -0.05) is 24.3 Å². The molecule has 35 heavy (non-hydrogen) atoms. The third-order valence-corrected chi connectivity index (χ3v) is 6.65. The highest BCUT2D eigenvalue weighted by Crippen LogP contribution is 2.30. The average Bonchev–Trinajstić information content (AvgIpc) is 3.31. The van der Waals surface area contributed by atoms with Gasteiger partial charge in [0.1, 0.15) is 5.75 Å². The zero-order valence-electron chi connectivity index (χ0n) is 19.4. The Kier molecular flexibility index (Phi) is 7.95. The van der Waals surface area contributed by atoms with Crippen molar-refractivity contribution < 1.29 is 27.5 Å². The fourth-order valence-corrected chi connectivity index (χ4v) is 4.83. The van der Waals surface area contributed by atoms with Crippen LogP contribution in [0.15, 0.2) is 54.6 Å². The van der Waals surface area contributed by atoms with Gasteiger partial charge in [-0.05, 0) is 62.4 Å². The van der Waals surface area contributed by atoms with E-state index in [1.54, 1.807) is 0 Å². The minimum atomic E-state index is -4.53. The van der Waals surface area contributed by atoms with Crippen LogP contribution in [0.4, 0.5) is 13.2 Å². The molecule has 1 aliphatic carbocycles. The quantitative estimate of drug-likeness (QED) is 0.617. The molecule has 1 heterocycles. The standard InChI is InChI=1S/C26H30F3N3O3/c27-26(28,29)19-6-4-5-18(15-19)25(34)30-16-24(33)31-20-13-14-32(17-20)21-9-11-23(12-10-21)35-22-7-2-1-3-8-22/h1-8,15,20-21,23H,9-14,16-17H2,(H,30,34)(H,31,33)/t20-,21?,23?/m1/s1. The van der Waals surface area contributed by atoms with Crippen molar-refractivity contribution in [2.24, 2.45) is 0 Å². The number of benzene rings is 2. The van der Waals surface area contributed by atoms with Gasteiger partial charge in [0.2, 0.25) is 5.91 Å². The lowest BCUT2D eigenvalue weighted by Crippen LogP contribution is -2.44. The van der Waals surface area contributed by atoms with Crippen LogP contribution in [0.2, 0.25) is 0 Å². The highest BCUT2D eigenvalue weighted by atomic mass is 19.4. The van der Waals surface area contributed by atoms with Gasteiger partial charge in [0.25, 0.3) is 5.91 Å². The van der Waals surface area contributed by atoms with Crippen molar-refractivity contribution in [3.05, 3.63) is 65.7 Å². The van der Waals surface area contributed by atoms with Gasteiger partial charge in [0.15, 0.2) is 0 Å². The van der Waals surface area contributed by atoms with Crippen LogP contribution in [-0.2, 0) is 11.0 Å². The first kappa shape index (κ1) is 25.0. The summed E-state index contributed by atoms with van der Waals surface area (Å²) in [5, 5.41) is 5.34. The average molecular weight is 490 g/mol. The van der Waals surface area contributed by atoms with Gasteiger partial charge in [-0.25, -0.2) is 0 Å². The Bertz CT molecular complexity index is 1010. The minimum Gasteiger partial charge on any atom is -0.490 e. The SMILES string of the molecule is O=C(CNC(=O)c1cccc(C(F)(F)F)c1)N[C@@H]1CCN(C2CCC(Oc3ccccc3)CC2)C1. The first-order valence-electron chi connectivity index (χ1n) is 12.0. The Hall–Kier alpha value is -3.07. The van der Waals surface area contributed by atoms with E-state index in [4.69, 9.17) is 4.74 Å². The van der Waals surface area contributed by atoms with Gasteiger partial charge < -0.3 is 15.4 Å². The van der Waals surface area contributed by atoms with E-state index in [0.717, 1.165) is 63.1 Å². The van der Waals surface area contributed by atoms with Gasteiger partial charge in [0, 0.05) is 30.7 Å². The van der Waals surface area contributed by atoms with Crippen molar-refractivity contribution in [1.29, 1.82) is 0 Å². The summed E-state index contributed by atoms with van der Waals surface area (Å²) in [5.74, 6) is -0.161. The molecule has 2 aromatic rings. The summed E-state index contributed by atoms with van der Waals surface area (Å²) in [6, 6.07) is 14.5. The summed E-state index contributed by atoms with van der Waals surface area (Å²) in [5.41, 5.74) is -1.03. The molecule has 0 radical (unpaired) electrons. The Labute approximate surface area is 202 Å². The number of hydrogen-bond donors (Lipinski definition) is 2. The lowest BCUT2D eigenvalue weighted by atomic mass is 9.92. The Balaban J connectivity index is 1.17. The maximum absolute atomic E-state index is 12.8. The molecule has 1 saturated heterocycles. The third kappa shape index (κ3) is 6.97. The van der Waals surface area contributed by atoms with Crippen LogP contribution in [0.1, 0.15) is 48.0 Å². The van der Waals surface area contributed by atoms with E-state index in [9.17, 15) is 22.8 Å². The smallest absolute Gasteiger partial charge is 0.416 e. The molecule has 1 atom stereocenters. The predicted molar refractivity (Wildman–Crippen MR) is 125 cm³/mol. The number of rotatable bonds is 7. The molecular formula is C26H30F3N3O3. The van der Waals surface area contributed by atoms with Gasteiger partial charge in [-0.15, -0.1) is 0 Å². The topological polar surface area (TPSA) is 70.7 Å². The minimum absolute atomic E-state index is 0.00810. The monoisotopic (exact) mass is 489 g/mol. The zero-order chi connectivity index (χ0) is 24.8. The normalized spacial score (nSPS) is 23.0. The van der Waals surface area contributed by atoms with E-state index in [-0.39, 0.29) is 30.2 Å². The summed E-state index contributed by atoms with van der Waals surface area (Å²) < 4.78 is 44.6. The number of carbonyl (C=O) groups excluding carboxylic acids is 2. The second kappa shape index (κ2) is 11.1. The van der Waals surface area contributed by atoms with Crippen molar-refractivity contribution in [3.63, 3.8) is 0 Å². The molecule has 6 nitrogen and oxygen atoms in total. The van der Waals surface area contributed by atoms with Crippen molar-refractivity contribution in [3.8, 4) is 5.75 Å². The van der Waals surface area contributed by atoms with Crippen LogP contribution in [0, 0.1) is 0 Å². The fraction of sp³-hybridized carbons (Fsp3) is 0.462. The Morgan fingerprint density at radius 1 is 0.971 bits per heavy atom. The van der Waals surface area contributed by atoms with Crippen LogP contribution < -0.4 is 15.4 Å². The number of para-hydroxylation sites is 1. The first-order valence-corrected chi connectivity index (χ1v) is 12.0. The number of halogens is 3. The highest BCUT2D eigenvalue weighted by Gasteiger charge is 2.33. The molecule has 188 valence electrons. The zero-order valence-corrected chi connectivity index (χ0v) is 19.4. The number of nitrogens with one attached hydrogen (secondary N) is 2. The molecule has 4 rings (SSSR count). The predicted octanol–water partition coefficient (Wildman–Crippen LogP) is 4.02. The highest BCUT2D eigenvalue weighted by molar-refractivity contribution is 5.96. The van der Waals surface area contributed by atoms with Crippen LogP contribution in [0.3, 0.4) is 0 Å². The molecule has 9 heteroatoms. The number of nitrogens with zero attached hydrogens (tertiary/aromatic N) is 1. The van der Waals surface area contributed by atoms with E-state index >= 15 is 0 Å². The van der Waals surface area contributed by atoms with Crippen LogP contribution >= 0.6 is 0 Å². The number of carbonyl (C=O) groups is 2. The summed E-state index contributed by atoms with van der Waals surface area (Å²) in [7, 11) is 0. The van der Waals surface area contributed by atoms with Gasteiger partial charge in [-0.2, -0.15) is 13.2 Å². The van der Waals surface area contributed by atoms with E-state index in [0.29, 0.717) is 6.04 Å². The number of hydrogen-bond acceptors (Lipinski definition) is 4. The fourth-order valence-electron chi connectivity index (χ4n) is 4.83. The summed E-state index contributed by atoms with van der Waals surface area (Å²) in [6.45, 7) is 1.37. The van der Waals surface area contributed by atoms with Gasteiger partial charge in [-0.3, -0.25) is 14.5 Å². The second-order valence-electron chi connectivity index (χ2n) is 9.17. The lowest BCUT2D eigenvalue weighted by Gasteiger charge is -2.34. The van der Waals surface area contributed by atoms with Gasteiger partial charge >= 0.3 is 6.18 Å². The summed E-state index contributed by atoms with van der Waals surface area (Å²) >= 11 is 0. The molecule has 2 fully saturated rings. The maximum Gasteiger partial charge on any atom is 0.416 e. The number of alkyl halides is 3. The molecule has 2 aromatic carbocycles. The molecular weight excluding hydrogens is 459 g/mol. The van der Waals surface area contributed by atoms with Crippen LogP contribution in [0.25, 0.3) is 0 Å². The van der Waals surface area contributed by atoms with Crippen molar-refractivity contribution in [2.75, 3.05) is 19.6 Å². The van der Waals surface area contributed by atoms with Crippen molar-refractivity contribution >= 4 is 11.8 Å². The van der Waals surface area contributed by atoms with E-state index < -0.39 is 17.6 Å². The van der Waals surface area contributed by atoms with Gasteiger partial charge in [0.05, 0.1) is 18.2 Å². The van der Waals surface area contributed by atoms with Crippen LogP contribution in [-0.4, -0.2) is 54.5 Å². The molecule has 2 amide bonds. The molecule has 2 aliphatic rings. The molecule has 1 saturated carbocycles. The summed E-state index contributed by atoms with van der Waals surface area (Å²) in [6.07, 6.45) is 0.608. The number of ether oxygens (including phenoxy) is 1. The van der Waals surface area contributed by atoms with E-state index in [1.165, 1.54) is 12.1 Å². The molecule has 0 unspecified atom stereocenters. The Morgan fingerprint density at radius 2 is 1.71 bits per heavy atom. The molecule has 0 bridgehead atoms. The van der Waals surface area contributed by atoms with E-state index in [2.05, 4.69) is 15.5 Å². The maximum atomic E-state index is 12.8. The summed E-state index contributed by atoms with van der Waals surface area (Å²) in [4.78, 5) is 26.9. The van der Waals surface area contributed by atoms with Crippen molar-refractivity contribution in [2.45, 2.75) is 56.5 Å².